The van der Waals surface area contributed by atoms with E-state index < -0.39 is 0 Å². The van der Waals surface area contributed by atoms with Crippen molar-refractivity contribution in [1.82, 2.24) is 0 Å². The van der Waals surface area contributed by atoms with E-state index in [0.29, 0.717) is 32.5 Å². The van der Waals surface area contributed by atoms with Crippen LogP contribution in [0.1, 0.15) is 52.5 Å². The van der Waals surface area contributed by atoms with Gasteiger partial charge in [0.15, 0.2) is 0 Å². The zero-order valence-corrected chi connectivity index (χ0v) is 19.7. The molecule has 3 aromatic rings. The van der Waals surface area contributed by atoms with E-state index in [-0.39, 0.29) is 22.5 Å². The number of nitriles is 4. The Kier molecular flexibility index (Phi) is 6.54. The van der Waals surface area contributed by atoms with Crippen molar-refractivity contribution in [2.75, 3.05) is 0 Å². The predicted octanol–water partition coefficient (Wildman–Crippen LogP) is 5.56. The zero-order valence-electron chi connectivity index (χ0n) is 19.7. The molecule has 0 amide bonds. The summed E-state index contributed by atoms with van der Waals surface area (Å²) in [7, 11) is 0. The standard InChI is InChI=1S/C29H26N4/c1-18(2)26(13-29(3,4)5)19-10-11-24-25(12-19)28(21(16-32)17-33)23-9-7-6-8-22(23)27(24)20(14-30)15-31/h6-12,18,26H,13H2,1-5H3. The van der Waals surface area contributed by atoms with Gasteiger partial charge in [0.1, 0.15) is 35.4 Å². The number of hydrogen-bond donors (Lipinski definition) is 0. The highest BCUT2D eigenvalue weighted by atomic mass is 14.3. The summed E-state index contributed by atoms with van der Waals surface area (Å²) in [5.41, 5.74) is 1.29. The molecule has 1 unspecified atom stereocenters. The van der Waals surface area contributed by atoms with Gasteiger partial charge in [-0.1, -0.05) is 77.1 Å². The van der Waals surface area contributed by atoms with Crippen LogP contribution < -0.4 is 10.4 Å². The van der Waals surface area contributed by atoms with E-state index in [9.17, 15) is 21.0 Å². The van der Waals surface area contributed by atoms with Crippen molar-refractivity contribution in [3.05, 3.63) is 58.5 Å². The minimum Gasteiger partial charge on any atom is -0.192 e. The van der Waals surface area contributed by atoms with Gasteiger partial charge in [0.05, 0.1) is 0 Å². The summed E-state index contributed by atoms with van der Waals surface area (Å²) in [5.74, 6) is 0.668. The number of fused-ring (bicyclic) bond motifs is 2. The molecule has 3 rings (SSSR count). The molecule has 1 atom stereocenters. The maximum absolute atomic E-state index is 9.77. The highest BCUT2D eigenvalue weighted by molar-refractivity contribution is 6.05. The van der Waals surface area contributed by atoms with Crippen LogP contribution >= 0.6 is 0 Å². The Morgan fingerprint density at radius 1 is 0.727 bits per heavy atom. The van der Waals surface area contributed by atoms with Crippen molar-refractivity contribution in [3.63, 3.8) is 0 Å². The topological polar surface area (TPSA) is 95.2 Å². The van der Waals surface area contributed by atoms with Crippen LogP contribution in [0.25, 0.3) is 32.7 Å². The van der Waals surface area contributed by atoms with E-state index in [4.69, 9.17) is 0 Å². The summed E-state index contributed by atoms with van der Waals surface area (Å²) in [6.45, 7) is 11.1. The van der Waals surface area contributed by atoms with Crippen LogP contribution in [0.5, 0.6) is 0 Å². The van der Waals surface area contributed by atoms with Crippen molar-refractivity contribution < 1.29 is 0 Å². The quantitative estimate of drug-likeness (QED) is 0.508. The fourth-order valence-corrected chi connectivity index (χ4v) is 4.64. The second-order valence-corrected chi connectivity index (χ2v) is 9.91. The molecule has 0 aliphatic heterocycles. The molecule has 0 N–H and O–H groups in total. The molecule has 0 aliphatic rings. The second-order valence-electron chi connectivity index (χ2n) is 9.91. The number of benzene rings is 3. The SMILES string of the molecule is CC(C)C(CC(C)(C)C)c1ccc2c(=C(C#N)C#N)c3ccccc3c(=C(C#N)C#N)c2c1. The first-order valence-electron chi connectivity index (χ1n) is 11.0. The zero-order chi connectivity index (χ0) is 24.3. The van der Waals surface area contributed by atoms with Gasteiger partial charge in [0.2, 0.25) is 0 Å². The monoisotopic (exact) mass is 430 g/mol. The molecule has 4 heteroatoms. The molecule has 0 saturated carbocycles. The van der Waals surface area contributed by atoms with Gasteiger partial charge >= 0.3 is 0 Å². The van der Waals surface area contributed by atoms with Gasteiger partial charge in [-0.3, -0.25) is 0 Å². The van der Waals surface area contributed by atoms with Crippen molar-refractivity contribution in [2.45, 2.75) is 47.0 Å². The molecule has 0 fully saturated rings. The van der Waals surface area contributed by atoms with Gasteiger partial charge in [-0.15, -0.1) is 0 Å². The molecule has 3 aromatic carbocycles. The van der Waals surface area contributed by atoms with Crippen LogP contribution in [0, 0.1) is 56.7 Å². The van der Waals surface area contributed by atoms with Crippen LogP contribution in [0.3, 0.4) is 0 Å². The third-order valence-corrected chi connectivity index (χ3v) is 6.06. The van der Waals surface area contributed by atoms with Crippen molar-refractivity contribution in [1.29, 1.82) is 21.0 Å². The van der Waals surface area contributed by atoms with E-state index in [1.807, 2.05) is 42.5 Å². The smallest absolute Gasteiger partial charge is 0.138 e. The normalized spacial score (nSPS) is 11.9. The minimum absolute atomic E-state index is 0.0149. The maximum Gasteiger partial charge on any atom is 0.138 e. The van der Waals surface area contributed by atoms with Crippen molar-refractivity contribution in [2.24, 2.45) is 11.3 Å². The fourth-order valence-electron chi connectivity index (χ4n) is 4.64. The Labute approximate surface area is 194 Å². The number of rotatable bonds is 3. The lowest BCUT2D eigenvalue weighted by molar-refractivity contribution is 0.301. The van der Waals surface area contributed by atoms with Gasteiger partial charge < -0.3 is 0 Å². The Morgan fingerprint density at radius 2 is 1.18 bits per heavy atom. The van der Waals surface area contributed by atoms with Gasteiger partial charge in [0, 0.05) is 10.4 Å². The molecule has 0 heterocycles. The Bertz CT molecular complexity index is 1510. The molecule has 0 radical (unpaired) electrons. The highest BCUT2D eigenvalue weighted by Gasteiger charge is 2.24. The summed E-state index contributed by atoms with van der Waals surface area (Å²) in [6, 6.07) is 21.6. The van der Waals surface area contributed by atoms with Crippen LogP contribution in [0.2, 0.25) is 0 Å². The van der Waals surface area contributed by atoms with Crippen LogP contribution in [0.4, 0.5) is 0 Å². The third kappa shape index (κ3) is 4.44. The number of nitrogens with zero attached hydrogens (tertiary/aromatic N) is 4. The first-order chi connectivity index (χ1) is 15.7. The average Bonchev–Trinajstić information content (AvgIpc) is 2.78. The minimum atomic E-state index is 0.0149. The third-order valence-electron chi connectivity index (χ3n) is 6.06. The molecule has 33 heavy (non-hydrogen) atoms. The van der Waals surface area contributed by atoms with E-state index in [2.05, 4.69) is 58.9 Å². The number of hydrogen-bond acceptors (Lipinski definition) is 4. The molecular formula is C29H26N4. The molecule has 0 aromatic heterocycles. The lowest BCUT2D eigenvalue weighted by Crippen LogP contribution is -2.20. The van der Waals surface area contributed by atoms with E-state index in [1.165, 1.54) is 0 Å². The Morgan fingerprint density at radius 3 is 1.61 bits per heavy atom. The largest absolute Gasteiger partial charge is 0.192 e. The molecule has 0 spiro atoms. The molecule has 0 bridgehead atoms. The fraction of sp³-hybridized carbons (Fsp3) is 0.310. The summed E-state index contributed by atoms with van der Waals surface area (Å²) in [6.07, 6.45) is 0.979. The summed E-state index contributed by atoms with van der Waals surface area (Å²) in [5, 5.41) is 42.8. The summed E-state index contributed by atoms with van der Waals surface area (Å²) in [4.78, 5) is 0. The maximum atomic E-state index is 9.77. The van der Waals surface area contributed by atoms with Crippen molar-refractivity contribution >= 4 is 32.7 Å². The second kappa shape index (κ2) is 9.17. The van der Waals surface area contributed by atoms with Gasteiger partial charge in [0.25, 0.3) is 0 Å². The molecule has 0 saturated heterocycles. The van der Waals surface area contributed by atoms with Gasteiger partial charge in [-0.25, -0.2) is 0 Å². The van der Waals surface area contributed by atoms with Crippen LogP contribution in [-0.2, 0) is 0 Å². The summed E-state index contributed by atoms with van der Waals surface area (Å²) >= 11 is 0. The first-order valence-corrected chi connectivity index (χ1v) is 11.0. The molecule has 0 aliphatic carbocycles. The summed E-state index contributed by atoms with van der Waals surface area (Å²) < 4.78 is 0. The van der Waals surface area contributed by atoms with Gasteiger partial charge in [-0.05, 0) is 50.8 Å². The average molecular weight is 431 g/mol. The van der Waals surface area contributed by atoms with Crippen LogP contribution in [-0.4, -0.2) is 0 Å². The van der Waals surface area contributed by atoms with Gasteiger partial charge in [-0.2, -0.15) is 21.0 Å². The van der Waals surface area contributed by atoms with E-state index >= 15 is 0 Å². The van der Waals surface area contributed by atoms with E-state index in [1.54, 1.807) is 0 Å². The molecular weight excluding hydrogens is 404 g/mol. The molecule has 162 valence electrons. The highest BCUT2D eigenvalue weighted by Crippen LogP contribution is 2.37. The van der Waals surface area contributed by atoms with Crippen molar-refractivity contribution in [3.8, 4) is 24.3 Å². The first kappa shape index (κ1) is 23.5. The van der Waals surface area contributed by atoms with E-state index in [0.717, 1.165) is 17.4 Å². The van der Waals surface area contributed by atoms with Crippen LogP contribution in [0.15, 0.2) is 42.5 Å². The Hall–Kier alpha value is -4.12. The lowest BCUT2D eigenvalue weighted by atomic mass is 9.76. The lowest BCUT2D eigenvalue weighted by Gasteiger charge is -2.29. The Balaban J connectivity index is 2.67. The molecule has 4 nitrogen and oxygen atoms in total. The predicted molar refractivity (Wildman–Crippen MR) is 132 cm³/mol.